The van der Waals surface area contributed by atoms with Gasteiger partial charge in [0.15, 0.2) is 0 Å². The Balaban J connectivity index is 1.97. The van der Waals surface area contributed by atoms with E-state index in [0.717, 1.165) is 15.0 Å². The van der Waals surface area contributed by atoms with Crippen molar-refractivity contribution in [1.29, 1.82) is 0 Å². The maximum absolute atomic E-state index is 9.35. The number of aliphatic hydroxyl groups excluding tert-OH is 1. The first-order valence-electron chi connectivity index (χ1n) is 5.33. The van der Waals surface area contributed by atoms with Gasteiger partial charge < -0.3 is 9.84 Å². The summed E-state index contributed by atoms with van der Waals surface area (Å²) in [6.07, 6.45) is 0. The quantitative estimate of drug-likeness (QED) is 0.899. The van der Waals surface area contributed by atoms with Crippen LogP contribution in [0.25, 0.3) is 0 Å². The summed E-state index contributed by atoms with van der Waals surface area (Å²) < 4.78 is 6.36. The lowest BCUT2D eigenvalue weighted by Gasteiger charge is -2.13. The van der Waals surface area contributed by atoms with Crippen molar-refractivity contribution in [1.82, 2.24) is 0 Å². The molecule has 0 saturated carbocycles. The Morgan fingerprint density at radius 2 is 1.94 bits per heavy atom. The van der Waals surface area contributed by atoms with Crippen molar-refractivity contribution in [3.63, 3.8) is 0 Å². The van der Waals surface area contributed by atoms with Crippen LogP contribution in [0.2, 0.25) is 4.34 Å². The first kappa shape index (κ1) is 12.4. The summed E-state index contributed by atoms with van der Waals surface area (Å²) in [5.74, 6) is 0.793. The van der Waals surface area contributed by atoms with E-state index in [4.69, 9.17) is 16.3 Å². The predicted octanol–water partition coefficient (Wildman–Crippen LogP) is 3.56. The van der Waals surface area contributed by atoms with Gasteiger partial charge in [-0.1, -0.05) is 29.8 Å². The van der Waals surface area contributed by atoms with Crippen molar-refractivity contribution in [3.05, 3.63) is 51.7 Å². The van der Waals surface area contributed by atoms with Crippen LogP contribution in [0.5, 0.6) is 5.75 Å². The number of rotatable bonds is 5. The van der Waals surface area contributed by atoms with Crippen LogP contribution in [-0.4, -0.2) is 18.3 Å². The van der Waals surface area contributed by atoms with Gasteiger partial charge in [-0.25, -0.2) is 0 Å². The molecule has 2 rings (SSSR count). The number of hydrogen-bond acceptors (Lipinski definition) is 3. The summed E-state index contributed by atoms with van der Waals surface area (Å²) in [6.45, 7) is 0.515. The highest BCUT2D eigenvalue weighted by Crippen LogP contribution is 2.28. The van der Waals surface area contributed by atoms with E-state index in [9.17, 15) is 5.11 Å². The Morgan fingerprint density at radius 1 is 1.18 bits per heavy atom. The monoisotopic (exact) mass is 268 g/mol. The van der Waals surface area contributed by atoms with Crippen molar-refractivity contribution in [3.8, 4) is 5.75 Å². The first-order chi connectivity index (χ1) is 8.29. The van der Waals surface area contributed by atoms with Gasteiger partial charge in [-0.05, 0) is 24.3 Å². The van der Waals surface area contributed by atoms with Gasteiger partial charge in [0.25, 0.3) is 0 Å². The smallest absolute Gasteiger partial charge is 0.119 e. The average Bonchev–Trinajstić information content (AvgIpc) is 2.78. The molecule has 1 N–H and O–H groups in total. The number of para-hydroxylation sites is 1. The van der Waals surface area contributed by atoms with Crippen LogP contribution < -0.4 is 4.74 Å². The zero-order chi connectivity index (χ0) is 12.1. The molecule has 90 valence electrons. The molecule has 0 amide bonds. The third-order valence-electron chi connectivity index (χ3n) is 2.41. The van der Waals surface area contributed by atoms with E-state index < -0.39 is 0 Å². The minimum absolute atomic E-state index is 0.0206. The van der Waals surface area contributed by atoms with Crippen molar-refractivity contribution in [2.45, 2.75) is 5.92 Å². The molecule has 2 aromatic rings. The number of thiophene rings is 1. The highest BCUT2D eigenvalue weighted by molar-refractivity contribution is 7.16. The number of aliphatic hydroxyl groups is 1. The molecular formula is C13H13ClO2S. The zero-order valence-corrected chi connectivity index (χ0v) is 10.7. The highest BCUT2D eigenvalue weighted by atomic mass is 35.5. The van der Waals surface area contributed by atoms with E-state index in [1.165, 1.54) is 11.3 Å². The number of ether oxygens (including phenoxy) is 1. The first-order valence-corrected chi connectivity index (χ1v) is 6.53. The maximum atomic E-state index is 9.35. The SMILES string of the molecule is OCC(COc1ccccc1)c1ccc(Cl)s1. The van der Waals surface area contributed by atoms with Crippen LogP contribution in [0.15, 0.2) is 42.5 Å². The second kappa shape index (κ2) is 6.05. The third-order valence-corrected chi connectivity index (χ3v) is 3.80. The fourth-order valence-corrected chi connectivity index (χ4v) is 2.62. The van der Waals surface area contributed by atoms with Crippen LogP contribution in [0.3, 0.4) is 0 Å². The molecule has 0 saturated heterocycles. The topological polar surface area (TPSA) is 29.5 Å². The van der Waals surface area contributed by atoms with E-state index in [1.54, 1.807) is 0 Å². The third kappa shape index (κ3) is 3.46. The van der Waals surface area contributed by atoms with E-state index in [0.29, 0.717) is 6.61 Å². The lowest BCUT2D eigenvalue weighted by Crippen LogP contribution is -2.12. The van der Waals surface area contributed by atoms with Crippen LogP contribution in [0.1, 0.15) is 10.8 Å². The van der Waals surface area contributed by atoms with Crippen LogP contribution in [0.4, 0.5) is 0 Å². The maximum Gasteiger partial charge on any atom is 0.119 e. The normalized spacial score (nSPS) is 12.4. The lowest BCUT2D eigenvalue weighted by atomic mass is 10.1. The molecule has 0 aliphatic rings. The molecule has 1 aromatic carbocycles. The minimum atomic E-state index is -0.0206. The zero-order valence-electron chi connectivity index (χ0n) is 9.17. The molecule has 0 aliphatic carbocycles. The van der Waals surface area contributed by atoms with E-state index in [-0.39, 0.29) is 12.5 Å². The summed E-state index contributed by atoms with van der Waals surface area (Å²) in [4.78, 5) is 1.05. The van der Waals surface area contributed by atoms with Crippen molar-refractivity contribution in [2.75, 3.05) is 13.2 Å². The molecule has 4 heteroatoms. The Kier molecular flexibility index (Phi) is 4.42. The number of benzene rings is 1. The minimum Gasteiger partial charge on any atom is -0.493 e. The molecule has 0 aliphatic heterocycles. The van der Waals surface area contributed by atoms with Crippen molar-refractivity contribution >= 4 is 22.9 Å². The standard InChI is InChI=1S/C13H13ClO2S/c14-13-7-6-12(17-13)10(8-15)9-16-11-4-2-1-3-5-11/h1-7,10,15H,8-9H2. The van der Waals surface area contributed by atoms with Crippen LogP contribution in [0, 0.1) is 0 Å². The van der Waals surface area contributed by atoms with Gasteiger partial charge >= 0.3 is 0 Å². The van der Waals surface area contributed by atoms with Gasteiger partial charge in [0.1, 0.15) is 5.75 Å². The Morgan fingerprint density at radius 3 is 2.53 bits per heavy atom. The van der Waals surface area contributed by atoms with E-state index in [1.807, 2.05) is 42.5 Å². The van der Waals surface area contributed by atoms with Gasteiger partial charge in [0.05, 0.1) is 23.5 Å². The molecule has 0 bridgehead atoms. The molecule has 1 heterocycles. The Labute approximate surface area is 109 Å². The van der Waals surface area contributed by atoms with E-state index >= 15 is 0 Å². The largest absolute Gasteiger partial charge is 0.493 e. The van der Waals surface area contributed by atoms with Crippen LogP contribution in [-0.2, 0) is 0 Å². The molecular weight excluding hydrogens is 256 g/mol. The van der Waals surface area contributed by atoms with Gasteiger partial charge in [-0.2, -0.15) is 0 Å². The Hall–Kier alpha value is -1.03. The van der Waals surface area contributed by atoms with Crippen molar-refractivity contribution in [2.24, 2.45) is 0 Å². The molecule has 1 aromatic heterocycles. The average molecular weight is 269 g/mol. The molecule has 2 nitrogen and oxygen atoms in total. The van der Waals surface area contributed by atoms with Crippen molar-refractivity contribution < 1.29 is 9.84 Å². The van der Waals surface area contributed by atoms with Gasteiger partial charge in [0.2, 0.25) is 0 Å². The number of halogens is 1. The molecule has 1 atom stereocenters. The van der Waals surface area contributed by atoms with Crippen LogP contribution >= 0.6 is 22.9 Å². The molecule has 1 unspecified atom stereocenters. The van der Waals surface area contributed by atoms with Gasteiger partial charge in [0, 0.05) is 4.88 Å². The Bertz CT molecular complexity index is 455. The lowest BCUT2D eigenvalue weighted by molar-refractivity contribution is 0.207. The molecule has 0 spiro atoms. The summed E-state index contributed by atoms with van der Waals surface area (Å²) in [7, 11) is 0. The predicted molar refractivity (Wildman–Crippen MR) is 71.1 cm³/mol. The van der Waals surface area contributed by atoms with Gasteiger partial charge in [-0.3, -0.25) is 0 Å². The van der Waals surface area contributed by atoms with Gasteiger partial charge in [-0.15, -0.1) is 11.3 Å². The second-order valence-corrected chi connectivity index (χ2v) is 5.39. The summed E-state index contributed by atoms with van der Waals surface area (Å²) in [5.41, 5.74) is 0. The number of hydrogen-bond donors (Lipinski definition) is 1. The van der Waals surface area contributed by atoms with E-state index in [2.05, 4.69) is 0 Å². The molecule has 0 radical (unpaired) electrons. The summed E-state index contributed by atoms with van der Waals surface area (Å²) in [5, 5.41) is 9.35. The fraction of sp³-hybridized carbons (Fsp3) is 0.231. The summed E-state index contributed by atoms with van der Waals surface area (Å²) in [6, 6.07) is 13.4. The second-order valence-electron chi connectivity index (χ2n) is 3.65. The fourth-order valence-electron chi connectivity index (χ4n) is 1.49. The molecule has 17 heavy (non-hydrogen) atoms. The molecule has 0 fully saturated rings. The summed E-state index contributed by atoms with van der Waals surface area (Å²) >= 11 is 7.36. The highest BCUT2D eigenvalue weighted by Gasteiger charge is 2.13.